The van der Waals surface area contributed by atoms with Crippen molar-refractivity contribution in [3.05, 3.63) is 0 Å². The predicted octanol–water partition coefficient (Wildman–Crippen LogP) is 0.180. The summed E-state index contributed by atoms with van der Waals surface area (Å²) < 4.78 is 9.71. The van der Waals surface area contributed by atoms with Crippen LogP contribution in [0.5, 0.6) is 0 Å². The van der Waals surface area contributed by atoms with Crippen LogP contribution in [0, 0.1) is 0 Å². The summed E-state index contributed by atoms with van der Waals surface area (Å²) in [4.78, 5) is 25.7. The van der Waals surface area contributed by atoms with Crippen molar-refractivity contribution in [3.8, 4) is 0 Å². The van der Waals surface area contributed by atoms with Gasteiger partial charge in [-0.05, 0) is 6.92 Å². The Morgan fingerprint density at radius 2 is 1.88 bits per heavy atom. The normalized spacial score (nSPS) is 9.75. The lowest BCUT2D eigenvalue weighted by Crippen LogP contribution is -2.42. The molecule has 0 rings (SSSR count). The first-order valence-electron chi connectivity index (χ1n) is 5.13. The van der Waals surface area contributed by atoms with Crippen LogP contribution in [0.15, 0.2) is 0 Å². The number of nitrogens with zero attached hydrogens (tertiary/aromatic N) is 2. The summed E-state index contributed by atoms with van der Waals surface area (Å²) in [6.07, 6.45) is -0.491. The zero-order valence-corrected chi connectivity index (χ0v) is 10.4. The first kappa shape index (κ1) is 14.7. The van der Waals surface area contributed by atoms with Crippen molar-refractivity contribution in [2.45, 2.75) is 6.92 Å². The number of hydrogen-bond acceptors (Lipinski definition) is 4. The third-order valence-corrected chi connectivity index (χ3v) is 1.92. The second kappa shape index (κ2) is 7.92. The van der Waals surface area contributed by atoms with Gasteiger partial charge in [-0.3, -0.25) is 9.69 Å². The van der Waals surface area contributed by atoms with Crippen molar-refractivity contribution in [2.24, 2.45) is 0 Å². The minimum atomic E-state index is -0.491. The third kappa shape index (κ3) is 5.55. The van der Waals surface area contributed by atoms with Gasteiger partial charge >= 0.3 is 6.09 Å². The van der Waals surface area contributed by atoms with E-state index < -0.39 is 6.09 Å². The molecule has 0 aromatic carbocycles. The van der Waals surface area contributed by atoms with Crippen LogP contribution in [0.2, 0.25) is 0 Å². The molecular weight excluding hydrogens is 212 g/mol. The molecule has 0 atom stereocenters. The van der Waals surface area contributed by atoms with E-state index in [1.807, 2.05) is 0 Å². The highest BCUT2D eigenvalue weighted by molar-refractivity contribution is 5.81. The Morgan fingerprint density at radius 1 is 1.25 bits per heavy atom. The first-order chi connectivity index (χ1) is 7.52. The molecule has 6 heteroatoms. The minimum absolute atomic E-state index is 0.00912. The standard InChI is InChI=1S/C10H20N2O4/c1-5-16-10(14)12(6-7-15-4)8-9(13)11(2)3/h5-8H2,1-4H3. The van der Waals surface area contributed by atoms with Crippen molar-refractivity contribution in [1.29, 1.82) is 0 Å². The van der Waals surface area contributed by atoms with Crippen LogP contribution in [0.4, 0.5) is 4.79 Å². The lowest BCUT2D eigenvalue weighted by Gasteiger charge is -2.22. The topological polar surface area (TPSA) is 59.1 Å². The number of carbonyl (C=O) groups excluding carboxylic acids is 2. The van der Waals surface area contributed by atoms with E-state index in [9.17, 15) is 9.59 Å². The van der Waals surface area contributed by atoms with E-state index in [2.05, 4.69) is 0 Å². The zero-order chi connectivity index (χ0) is 12.6. The van der Waals surface area contributed by atoms with Gasteiger partial charge < -0.3 is 14.4 Å². The number of amides is 2. The maximum atomic E-state index is 11.5. The smallest absolute Gasteiger partial charge is 0.410 e. The summed E-state index contributed by atoms with van der Waals surface area (Å²) in [5.41, 5.74) is 0. The molecule has 0 aliphatic rings. The molecule has 0 N–H and O–H groups in total. The summed E-state index contributed by atoms with van der Waals surface area (Å²) in [5.74, 6) is -0.149. The van der Waals surface area contributed by atoms with Crippen LogP contribution in [0.1, 0.15) is 6.92 Å². The van der Waals surface area contributed by atoms with Gasteiger partial charge in [-0.2, -0.15) is 0 Å². The predicted molar refractivity (Wildman–Crippen MR) is 59.2 cm³/mol. The van der Waals surface area contributed by atoms with Gasteiger partial charge in [0.05, 0.1) is 13.2 Å². The number of rotatable bonds is 6. The molecule has 0 saturated heterocycles. The fourth-order valence-electron chi connectivity index (χ4n) is 0.956. The largest absolute Gasteiger partial charge is 0.450 e. The van der Waals surface area contributed by atoms with Crippen LogP contribution in [0.25, 0.3) is 0 Å². The van der Waals surface area contributed by atoms with E-state index in [0.717, 1.165) is 0 Å². The summed E-state index contributed by atoms with van der Waals surface area (Å²) in [7, 11) is 4.82. The molecule has 0 aromatic heterocycles. The SMILES string of the molecule is CCOC(=O)N(CCOC)CC(=O)N(C)C. The Morgan fingerprint density at radius 3 is 2.31 bits per heavy atom. The van der Waals surface area contributed by atoms with Gasteiger partial charge in [0.25, 0.3) is 0 Å². The fraction of sp³-hybridized carbons (Fsp3) is 0.800. The van der Waals surface area contributed by atoms with E-state index in [1.54, 1.807) is 21.0 Å². The van der Waals surface area contributed by atoms with Gasteiger partial charge in [0.1, 0.15) is 6.54 Å². The zero-order valence-electron chi connectivity index (χ0n) is 10.4. The lowest BCUT2D eigenvalue weighted by atomic mass is 10.4. The summed E-state index contributed by atoms with van der Waals surface area (Å²) in [5, 5.41) is 0. The molecule has 0 aliphatic heterocycles. The molecule has 94 valence electrons. The molecule has 0 fully saturated rings. The number of carbonyl (C=O) groups is 2. The second-order valence-corrected chi connectivity index (χ2v) is 3.40. The molecule has 0 unspecified atom stereocenters. The number of ether oxygens (including phenoxy) is 2. The highest BCUT2D eigenvalue weighted by Crippen LogP contribution is 1.96. The minimum Gasteiger partial charge on any atom is -0.450 e. The average molecular weight is 232 g/mol. The van der Waals surface area contributed by atoms with Gasteiger partial charge in [-0.1, -0.05) is 0 Å². The van der Waals surface area contributed by atoms with E-state index in [1.165, 1.54) is 16.9 Å². The van der Waals surface area contributed by atoms with E-state index in [0.29, 0.717) is 19.8 Å². The average Bonchev–Trinajstić information content (AvgIpc) is 2.23. The number of methoxy groups -OCH3 is 1. The monoisotopic (exact) mass is 232 g/mol. The van der Waals surface area contributed by atoms with Gasteiger partial charge in [0, 0.05) is 27.7 Å². The molecule has 2 amide bonds. The molecule has 0 radical (unpaired) electrons. The fourth-order valence-corrected chi connectivity index (χ4v) is 0.956. The molecule has 0 aliphatic carbocycles. The third-order valence-electron chi connectivity index (χ3n) is 1.92. The Balaban J connectivity index is 4.30. The van der Waals surface area contributed by atoms with Crippen molar-refractivity contribution in [2.75, 3.05) is 47.5 Å². The van der Waals surface area contributed by atoms with Crippen LogP contribution in [0.3, 0.4) is 0 Å². The Bertz CT molecular complexity index is 231. The number of hydrogen-bond donors (Lipinski definition) is 0. The van der Waals surface area contributed by atoms with Crippen molar-refractivity contribution < 1.29 is 19.1 Å². The van der Waals surface area contributed by atoms with E-state index >= 15 is 0 Å². The molecule has 0 saturated carbocycles. The molecule has 6 nitrogen and oxygen atoms in total. The summed E-state index contributed by atoms with van der Waals surface area (Å²) in [6, 6.07) is 0. The Kier molecular flexibility index (Phi) is 7.28. The quantitative estimate of drug-likeness (QED) is 0.655. The van der Waals surface area contributed by atoms with Crippen LogP contribution < -0.4 is 0 Å². The molecule has 16 heavy (non-hydrogen) atoms. The molecule has 0 heterocycles. The molecular formula is C10H20N2O4. The van der Waals surface area contributed by atoms with Gasteiger partial charge in [0.2, 0.25) is 5.91 Å². The van der Waals surface area contributed by atoms with Crippen molar-refractivity contribution in [3.63, 3.8) is 0 Å². The van der Waals surface area contributed by atoms with Crippen molar-refractivity contribution in [1.82, 2.24) is 9.80 Å². The molecule has 0 spiro atoms. The maximum absolute atomic E-state index is 11.5. The van der Waals surface area contributed by atoms with E-state index in [-0.39, 0.29) is 12.5 Å². The summed E-state index contributed by atoms with van der Waals surface area (Å²) >= 11 is 0. The van der Waals surface area contributed by atoms with Crippen LogP contribution in [-0.4, -0.2) is 69.3 Å². The van der Waals surface area contributed by atoms with Crippen LogP contribution in [-0.2, 0) is 14.3 Å². The highest BCUT2D eigenvalue weighted by atomic mass is 16.6. The first-order valence-corrected chi connectivity index (χ1v) is 5.13. The molecule has 0 bridgehead atoms. The highest BCUT2D eigenvalue weighted by Gasteiger charge is 2.18. The second-order valence-electron chi connectivity index (χ2n) is 3.40. The Labute approximate surface area is 96.1 Å². The Hall–Kier alpha value is -1.30. The number of likely N-dealkylation sites (N-methyl/N-ethyl adjacent to an activating group) is 1. The summed E-state index contributed by atoms with van der Waals surface area (Å²) in [6.45, 7) is 2.74. The van der Waals surface area contributed by atoms with E-state index in [4.69, 9.17) is 9.47 Å². The molecule has 0 aromatic rings. The van der Waals surface area contributed by atoms with Crippen molar-refractivity contribution >= 4 is 12.0 Å². The van der Waals surface area contributed by atoms with Gasteiger partial charge in [-0.25, -0.2) is 4.79 Å². The van der Waals surface area contributed by atoms with Gasteiger partial charge in [-0.15, -0.1) is 0 Å². The maximum Gasteiger partial charge on any atom is 0.410 e. The van der Waals surface area contributed by atoms with Gasteiger partial charge in [0.15, 0.2) is 0 Å². The van der Waals surface area contributed by atoms with Crippen LogP contribution >= 0.6 is 0 Å². The lowest BCUT2D eigenvalue weighted by molar-refractivity contribution is -0.129.